The van der Waals surface area contributed by atoms with Gasteiger partial charge in [0.2, 0.25) is 15.9 Å². The number of hydrogen-bond donors (Lipinski definition) is 1. The highest BCUT2D eigenvalue weighted by molar-refractivity contribution is 7.89. The molecule has 0 saturated carbocycles. The van der Waals surface area contributed by atoms with Crippen molar-refractivity contribution < 1.29 is 23.1 Å². The summed E-state index contributed by atoms with van der Waals surface area (Å²) in [6.07, 6.45) is 0.546. The van der Waals surface area contributed by atoms with E-state index in [1.807, 2.05) is 12.1 Å². The number of carbonyl (C=O) groups excluding carboxylic acids is 1. The second-order valence-electron chi connectivity index (χ2n) is 7.66. The van der Waals surface area contributed by atoms with Crippen LogP contribution in [0.15, 0.2) is 41.3 Å². The number of fused-ring (bicyclic) bond motifs is 1. The predicted molar refractivity (Wildman–Crippen MR) is 112 cm³/mol. The quantitative estimate of drug-likeness (QED) is 0.776. The molecule has 0 aromatic heterocycles. The highest BCUT2D eigenvalue weighted by atomic mass is 35.5. The van der Waals surface area contributed by atoms with Crippen LogP contribution in [0.5, 0.6) is 11.5 Å². The van der Waals surface area contributed by atoms with E-state index < -0.39 is 10.0 Å². The van der Waals surface area contributed by atoms with Gasteiger partial charge in [-0.2, -0.15) is 4.31 Å². The topological polar surface area (TPSA) is 87.2 Å². The third-order valence-electron chi connectivity index (χ3n) is 5.56. The Bertz CT molecular complexity index is 1080. The van der Waals surface area contributed by atoms with Gasteiger partial charge in [-0.25, -0.2) is 8.42 Å². The van der Waals surface area contributed by atoms with Gasteiger partial charge in [0.05, 0.1) is 5.92 Å². The normalized spacial score (nSPS) is 19.8. The Hall–Kier alpha value is -2.29. The number of carbonyl (C=O) groups is 1. The number of piperazine rings is 1. The number of phenolic OH excluding ortho intramolecular Hbond substituents is 1. The van der Waals surface area contributed by atoms with E-state index in [1.54, 1.807) is 24.0 Å². The first-order chi connectivity index (χ1) is 14.3. The lowest BCUT2D eigenvalue weighted by Crippen LogP contribution is -2.52. The molecule has 1 fully saturated rings. The average Bonchev–Trinajstić information content (AvgIpc) is 2.74. The smallest absolute Gasteiger partial charge is 0.246 e. The molecule has 160 valence electrons. The largest absolute Gasteiger partial charge is 0.507 e. The standard InChI is InChI=1S/C21H23ClN2O5S/c1-14-2-4-18(25)20(10-14)30(27,28)24-8-6-23(7-9-24)21(26)16-11-15-12-17(22)3-5-19(15)29-13-16/h2-5,10,12,16,25H,6-9,11,13H2,1H3. The highest BCUT2D eigenvalue weighted by Gasteiger charge is 2.35. The maximum absolute atomic E-state index is 13.0. The minimum atomic E-state index is -3.83. The number of hydrogen-bond acceptors (Lipinski definition) is 5. The minimum Gasteiger partial charge on any atom is -0.507 e. The van der Waals surface area contributed by atoms with Crippen LogP contribution in [-0.4, -0.2) is 61.4 Å². The summed E-state index contributed by atoms with van der Waals surface area (Å²) < 4.78 is 32.9. The van der Waals surface area contributed by atoms with Gasteiger partial charge >= 0.3 is 0 Å². The summed E-state index contributed by atoms with van der Waals surface area (Å²) in [6, 6.07) is 9.88. The summed E-state index contributed by atoms with van der Waals surface area (Å²) in [5.41, 5.74) is 1.65. The van der Waals surface area contributed by atoms with Gasteiger partial charge in [0.25, 0.3) is 0 Å². The number of benzene rings is 2. The lowest BCUT2D eigenvalue weighted by molar-refractivity contribution is -0.138. The summed E-state index contributed by atoms with van der Waals surface area (Å²) >= 11 is 6.05. The fraction of sp³-hybridized carbons (Fsp3) is 0.381. The van der Waals surface area contributed by atoms with Crippen LogP contribution >= 0.6 is 11.6 Å². The summed E-state index contributed by atoms with van der Waals surface area (Å²) in [4.78, 5) is 14.6. The van der Waals surface area contributed by atoms with Gasteiger partial charge in [0, 0.05) is 31.2 Å². The Kier molecular flexibility index (Phi) is 5.65. The van der Waals surface area contributed by atoms with Crippen LogP contribution in [0, 0.1) is 12.8 Å². The zero-order chi connectivity index (χ0) is 21.5. The molecular formula is C21H23ClN2O5S. The van der Waals surface area contributed by atoms with Crippen molar-refractivity contribution in [1.29, 1.82) is 0 Å². The van der Waals surface area contributed by atoms with E-state index in [-0.39, 0.29) is 35.6 Å². The molecule has 1 N–H and O–H groups in total. The molecule has 0 radical (unpaired) electrons. The molecule has 7 nitrogen and oxygen atoms in total. The van der Waals surface area contributed by atoms with Crippen molar-refractivity contribution in [2.24, 2.45) is 5.92 Å². The molecule has 9 heteroatoms. The Morgan fingerprint density at radius 1 is 1.13 bits per heavy atom. The van der Waals surface area contributed by atoms with Gasteiger partial charge in [-0.1, -0.05) is 17.7 Å². The number of phenols is 1. The Morgan fingerprint density at radius 2 is 1.87 bits per heavy atom. The third kappa shape index (κ3) is 3.99. The van der Waals surface area contributed by atoms with Crippen molar-refractivity contribution in [3.8, 4) is 11.5 Å². The lowest BCUT2D eigenvalue weighted by Gasteiger charge is -2.36. The van der Waals surface area contributed by atoms with E-state index in [2.05, 4.69) is 0 Å². The van der Waals surface area contributed by atoms with Gasteiger partial charge in [-0.15, -0.1) is 0 Å². The first kappa shape index (κ1) is 21.0. The highest BCUT2D eigenvalue weighted by Crippen LogP contribution is 2.31. The van der Waals surface area contributed by atoms with Crippen LogP contribution in [0.2, 0.25) is 5.02 Å². The van der Waals surface area contributed by atoms with Gasteiger partial charge in [-0.3, -0.25) is 4.79 Å². The number of rotatable bonds is 3. The molecule has 2 aromatic carbocycles. The second-order valence-corrected chi connectivity index (χ2v) is 10.0. The van der Waals surface area contributed by atoms with Crippen molar-refractivity contribution in [2.45, 2.75) is 18.2 Å². The molecule has 1 atom stereocenters. The van der Waals surface area contributed by atoms with Crippen molar-refractivity contribution in [3.05, 3.63) is 52.5 Å². The number of amides is 1. The predicted octanol–water partition coefficient (Wildman–Crippen LogP) is 2.44. The summed E-state index contributed by atoms with van der Waals surface area (Å²) in [6.45, 7) is 3.01. The molecule has 1 unspecified atom stereocenters. The van der Waals surface area contributed by atoms with E-state index in [9.17, 15) is 18.3 Å². The number of nitrogens with zero attached hydrogens (tertiary/aromatic N) is 2. The fourth-order valence-corrected chi connectivity index (χ4v) is 5.68. The number of halogens is 1. The van der Waals surface area contributed by atoms with E-state index >= 15 is 0 Å². The minimum absolute atomic E-state index is 0.0453. The van der Waals surface area contributed by atoms with E-state index in [0.29, 0.717) is 31.1 Å². The molecule has 2 heterocycles. The fourth-order valence-electron chi connectivity index (χ4n) is 3.90. The zero-order valence-electron chi connectivity index (χ0n) is 16.5. The molecule has 0 bridgehead atoms. The third-order valence-corrected chi connectivity index (χ3v) is 7.72. The molecule has 0 spiro atoms. The maximum atomic E-state index is 13.0. The number of ether oxygens (including phenoxy) is 1. The van der Waals surface area contributed by atoms with Crippen LogP contribution in [0.25, 0.3) is 0 Å². The van der Waals surface area contributed by atoms with Crippen molar-refractivity contribution >= 4 is 27.5 Å². The average molecular weight is 451 g/mol. The summed E-state index contributed by atoms with van der Waals surface area (Å²) in [7, 11) is -3.83. The number of aryl methyl sites for hydroxylation is 1. The van der Waals surface area contributed by atoms with Crippen LogP contribution < -0.4 is 4.74 Å². The van der Waals surface area contributed by atoms with Crippen molar-refractivity contribution in [2.75, 3.05) is 32.8 Å². The maximum Gasteiger partial charge on any atom is 0.246 e. The second kappa shape index (κ2) is 8.09. The van der Waals surface area contributed by atoms with E-state index in [4.69, 9.17) is 16.3 Å². The first-order valence-corrected chi connectivity index (χ1v) is 11.6. The molecule has 2 aliphatic heterocycles. The van der Waals surface area contributed by atoms with E-state index in [0.717, 1.165) is 16.9 Å². The number of aromatic hydroxyl groups is 1. The van der Waals surface area contributed by atoms with Crippen LogP contribution in [0.1, 0.15) is 11.1 Å². The Morgan fingerprint density at radius 3 is 2.60 bits per heavy atom. The molecular weight excluding hydrogens is 428 g/mol. The molecule has 0 aliphatic carbocycles. The zero-order valence-corrected chi connectivity index (χ0v) is 18.1. The molecule has 1 saturated heterocycles. The van der Waals surface area contributed by atoms with Gasteiger partial charge in [-0.05, 0) is 54.8 Å². The van der Waals surface area contributed by atoms with E-state index in [1.165, 1.54) is 16.4 Å². The molecule has 30 heavy (non-hydrogen) atoms. The SMILES string of the molecule is Cc1ccc(O)c(S(=O)(=O)N2CCN(C(=O)C3COc4ccc(Cl)cc4C3)CC2)c1. The van der Waals surface area contributed by atoms with Crippen molar-refractivity contribution in [3.63, 3.8) is 0 Å². The molecule has 4 rings (SSSR count). The van der Waals surface area contributed by atoms with Gasteiger partial charge in [0.1, 0.15) is 23.0 Å². The van der Waals surface area contributed by atoms with Gasteiger partial charge < -0.3 is 14.7 Å². The Balaban J connectivity index is 1.42. The number of sulfonamides is 1. The summed E-state index contributed by atoms with van der Waals surface area (Å²) in [5.74, 6) is 0.115. The van der Waals surface area contributed by atoms with Crippen LogP contribution in [-0.2, 0) is 21.2 Å². The molecule has 2 aliphatic rings. The molecule has 2 aromatic rings. The van der Waals surface area contributed by atoms with Crippen LogP contribution in [0.3, 0.4) is 0 Å². The molecule has 1 amide bonds. The van der Waals surface area contributed by atoms with Crippen molar-refractivity contribution in [1.82, 2.24) is 9.21 Å². The lowest BCUT2D eigenvalue weighted by atomic mass is 9.95. The monoisotopic (exact) mass is 450 g/mol. The Labute approximate surface area is 180 Å². The van der Waals surface area contributed by atoms with Gasteiger partial charge in [0.15, 0.2) is 0 Å². The summed E-state index contributed by atoms with van der Waals surface area (Å²) in [5, 5.41) is 10.6. The van der Waals surface area contributed by atoms with Crippen LogP contribution in [0.4, 0.5) is 0 Å². The first-order valence-electron chi connectivity index (χ1n) is 9.75.